The third-order valence-corrected chi connectivity index (χ3v) is 13.1. The summed E-state index contributed by atoms with van der Waals surface area (Å²) in [5.41, 5.74) is 13.6. The third kappa shape index (κ3) is 5.06. The van der Waals surface area contributed by atoms with Crippen LogP contribution in [0.25, 0.3) is 75.1 Å². The lowest BCUT2D eigenvalue weighted by molar-refractivity contribution is 0.660. The predicted octanol–water partition coefficient (Wildman–Crippen LogP) is 15.5. The minimum absolute atomic E-state index is 0.0990. The number of anilines is 3. The van der Waals surface area contributed by atoms with Crippen molar-refractivity contribution in [2.24, 2.45) is 0 Å². The van der Waals surface area contributed by atoms with E-state index < -0.39 is 0 Å². The van der Waals surface area contributed by atoms with Crippen molar-refractivity contribution >= 4 is 70.1 Å². The van der Waals surface area contributed by atoms with Crippen molar-refractivity contribution in [2.45, 2.75) is 19.3 Å². The second-order valence-corrected chi connectivity index (χ2v) is 16.4. The summed E-state index contributed by atoms with van der Waals surface area (Å²) in [6.45, 7) is 4.72. The van der Waals surface area contributed by atoms with E-state index in [4.69, 9.17) is 0 Å². The van der Waals surface area contributed by atoms with Crippen LogP contribution in [0.4, 0.5) is 17.1 Å². The monoisotopic (exact) mass is 719 g/mol. The van der Waals surface area contributed by atoms with Gasteiger partial charge in [0.15, 0.2) is 0 Å². The standard InChI is InChI=1S/C53H37NS/c1-53(2)49-19-7-5-16-44(49)45-30-28-41(33-50(45)53)54(40-14-9-13-38(31-40)43-18-10-12-35-11-3-4-15-42(35)43)39-26-23-34(24-27-39)37-22-21-36-25-29-47-46-17-6-8-20-51(46)55-52(47)48(36)32-37/h3-33H,1-2H3. The van der Waals surface area contributed by atoms with Crippen molar-refractivity contribution in [2.75, 3.05) is 4.90 Å². The SMILES string of the molecule is CC1(C)c2ccccc2-c2ccc(N(c3ccc(-c4ccc5ccc6c7ccccc7sc6c5c4)cc3)c3cccc(-c4cccc5ccccc45)c3)cc21. The lowest BCUT2D eigenvalue weighted by Crippen LogP contribution is -2.16. The van der Waals surface area contributed by atoms with Crippen LogP contribution in [0.1, 0.15) is 25.0 Å². The molecule has 9 aromatic carbocycles. The molecule has 11 rings (SSSR count). The minimum Gasteiger partial charge on any atom is -0.310 e. The molecule has 1 heterocycles. The Morgan fingerprint density at radius 3 is 1.95 bits per heavy atom. The van der Waals surface area contributed by atoms with Gasteiger partial charge in [-0.1, -0.05) is 153 Å². The molecule has 0 saturated heterocycles. The van der Waals surface area contributed by atoms with Crippen molar-refractivity contribution in [1.29, 1.82) is 0 Å². The van der Waals surface area contributed by atoms with Crippen LogP contribution in [-0.2, 0) is 5.41 Å². The van der Waals surface area contributed by atoms with E-state index in [1.807, 2.05) is 11.3 Å². The number of nitrogens with zero attached hydrogens (tertiary/aromatic N) is 1. The summed E-state index contributed by atoms with van der Waals surface area (Å²) in [5, 5.41) is 7.77. The van der Waals surface area contributed by atoms with Gasteiger partial charge in [-0.3, -0.25) is 0 Å². The van der Waals surface area contributed by atoms with Crippen LogP contribution in [0, 0.1) is 0 Å². The third-order valence-electron chi connectivity index (χ3n) is 11.9. The number of hydrogen-bond donors (Lipinski definition) is 0. The predicted molar refractivity (Wildman–Crippen MR) is 237 cm³/mol. The first-order valence-corrected chi connectivity index (χ1v) is 19.9. The number of rotatable bonds is 5. The van der Waals surface area contributed by atoms with Gasteiger partial charge < -0.3 is 4.90 Å². The van der Waals surface area contributed by atoms with E-state index in [1.165, 1.54) is 86.2 Å². The van der Waals surface area contributed by atoms with Gasteiger partial charge in [-0.15, -0.1) is 11.3 Å². The molecule has 0 N–H and O–H groups in total. The molecule has 1 aromatic heterocycles. The van der Waals surface area contributed by atoms with Gasteiger partial charge in [0.1, 0.15) is 0 Å². The van der Waals surface area contributed by atoms with Gasteiger partial charge in [-0.2, -0.15) is 0 Å². The number of hydrogen-bond acceptors (Lipinski definition) is 2. The van der Waals surface area contributed by atoms with E-state index in [0.717, 1.165) is 17.1 Å². The van der Waals surface area contributed by atoms with Crippen LogP contribution in [0.15, 0.2) is 188 Å². The highest BCUT2D eigenvalue weighted by molar-refractivity contribution is 7.26. The summed E-state index contributed by atoms with van der Waals surface area (Å²) in [6.07, 6.45) is 0. The second kappa shape index (κ2) is 12.3. The topological polar surface area (TPSA) is 3.24 Å². The van der Waals surface area contributed by atoms with Gasteiger partial charge in [0.25, 0.3) is 0 Å². The summed E-state index contributed by atoms with van der Waals surface area (Å²) < 4.78 is 2.69. The lowest BCUT2D eigenvalue weighted by atomic mass is 9.82. The fourth-order valence-electron chi connectivity index (χ4n) is 9.05. The molecule has 0 radical (unpaired) electrons. The van der Waals surface area contributed by atoms with E-state index in [9.17, 15) is 0 Å². The molecule has 55 heavy (non-hydrogen) atoms. The van der Waals surface area contributed by atoms with Crippen molar-refractivity contribution in [3.8, 4) is 33.4 Å². The lowest BCUT2D eigenvalue weighted by Gasteiger charge is -2.28. The summed E-state index contributed by atoms with van der Waals surface area (Å²) in [7, 11) is 0. The molecule has 0 spiro atoms. The van der Waals surface area contributed by atoms with Crippen LogP contribution >= 0.6 is 11.3 Å². The average Bonchev–Trinajstić information content (AvgIpc) is 3.73. The summed E-state index contributed by atoms with van der Waals surface area (Å²) in [5.74, 6) is 0. The maximum atomic E-state index is 2.43. The van der Waals surface area contributed by atoms with Crippen molar-refractivity contribution in [3.63, 3.8) is 0 Å². The van der Waals surface area contributed by atoms with Gasteiger partial charge in [-0.05, 0) is 109 Å². The maximum Gasteiger partial charge on any atom is 0.0467 e. The van der Waals surface area contributed by atoms with Gasteiger partial charge in [0.2, 0.25) is 0 Å². The Labute approximate surface area is 325 Å². The Kier molecular flexibility index (Phi) is 7.14. The van der Waals surface area contributed by atoms with E-state index >= 15 is 0 Å². The molecule has 1 aliphatic rings. The Morgan fingerprint density at radius 1 is 0.382 bits per heavy atom. The van der Waals surface area contributed by atoms with Crippen LogP contribution in [0.3, 0.4) is 0 Å². The van der Waals surface area contributed by atoms with E-state index in [-0.39, 0.29) is 5.41 Å². The molecule has 1 aliphatic carbocycles. The number of thiophene rings is 1. The maximum absolute atomic E-state index is 2.43. The first-order valence-electron chi connectivity index (χ1n) is 19.1. The number of fused-ring (bicyclic) bond motifs is 9. The van der Waals surface area contributed by atoms with Crippen molar-refractivity contribution in [1.82, 2.24) is 0 Å². The molecule has 0 atom stereocenters. The Hall–Kier alpha value is -6.48. The quantitative estimate of drug-likeness (QED) is 0.171. The molecular weight excluding hydrogens is 683 g/mol. The molecule has 260 valence electrons. The molecule has 1 nitrogen and oxygen atoms in total. The smallest absolute Gasteiger partial charge is 0.0467 e. The van der Waals surface area contributed by atoms with Gasteiger partial charge in [0.05, 0.1) is 0 Å². The van der Waals surface area contributed by atoms with E-state index in [1.54, 1.807) is 0 Å². The molecular formula is C53H37NS. The summed E-state index contributed by atoms with van der Waals surface area (Å²) in [4.78, 5) is 2.43. The van der Waals surface area contributed by atoms with Crippen LogP contribution < -0.4 is 4.90 Å². The molecule has 0 bridgehead atoms. The van der Waals surface area contributed by atoms with Gasteiger partial charge in [0, 0.05) is 48.0 Å². The molecule has 0 fully saturated rings. The zero-order valence-electron chi connectivity index (χ0n) is 30.8. The highest BCUT2D eigenvalue weighted by Gasteiger charge is 2.35. The highest BCUT2D eigenvalue weighted by atomic mass is 32.1. The Balaban J connectivity index is 1.05. The first-order chi connectivity index (χ1) is 27.0. The van der Waals surface area contributed by atoms with Gasteiger partial charge >= 0.3 is 0 Å². The van der Waals surface area contributed by atoms with Crippen LogP contribution in [0.2, 0.25) is 0 Å². The zero-order chi connectivity index (χ0) is 36.7. The van der Waals surface area contributed by atoms with E-state index in [0.29, 0.717) is 0 Å². The molecule has 2 heteroatoms. The van der Waals surface area contributed by atoms with E-state index in [2.05, 4.69) is 207 Å². The van der Waals surface area contributed by atoms with Crippen LogP contribution in [0.5, 0.6) is 0 Å². The normalized spacial score (nSPS) is 13.1. The molecule has 0 amide bonds. The molecule has 0 aliphatic heterocycles. The minimum atomic E-state index is -0.0990. The summed E-state index contributed by atoms with van der Waals surface area (Å²) >= 11 is 1.89. The van der Waals surface area contributed by atoms with Gasteiger partial charge in [-0.25, -0.2) is 0 Å². The van der Waals surface area contributed by atoms with Crippen LogP contribution in [-0.4, -0.2) is 0 Å². The fraction of sp³-hybridized carbons (Fsp3) is 0.0566. The number of benzene rings is 9. The first kappa shape index (κ1) is 32.0. The van der Waals surface area contributed by atoms with Crippen molar-refractivity contribution in [3.05, 3.63) is 199 Å². The Morgan fingerprint density at radius 2 is 1.04 bits per heavy atom. The average molecular weight is 720 g/mol. The zero-order valence-corrected chi connectivity index (χ0v) is 31.6. The Bertz CT molecular complexity index is 3120. The molecule has 0 unspecified atom stereocenters. The molecule has 0 saturated carbocycles. The highest BCUT2D eigenvalue weighted by Crippen LogP contribution is 2.51. The molecule has 10 aromatic rings. The fourth-order valence-corrected chi connectivity index (χ4v) is 10.3. The van der Waals surface area contributed by atoms with Crippen molar-refractivity contribution < 1.29 is 0 Å². The summed E-state index contributed by atoms with van der Waals surface area (Å²) in [6, 6.07) is 69.6. The second-order valence-electron chi connectivity index (χ2n) is 15.3. The largest absolute Gasteiger partial charge is 0.310 e.